The molecule has 0 aliphatic carbocycles. The van der Waals surface area contributed by atoms with E-state index in [4.69, 9.17) is 4.74 Å². The zero-order valence-corrected chi connectivity index (χ0v) is 16.7. The molecule has 2 aromatic rings. The van der Waals surface area contributed by atoms with E-state index in [9.17, 15) is 24.5 Å². The van der Waals surface area contributed by atoms with Gasteiger partial charge in [-0.25, -0.2) is 0 Å². The molecular formula is C22H21N3O6. The van der Waals surface area contributed by atoms with E-state index >= 15 is 0 Å². The number of nitro groups is 1. The number of carbonyl (C=O) groups is 3. The zero-order valence-electron chi connectivity index (χ0n) is 16.7. The summed E-state index contributed by atoms with van der Waals surface area (Å²) in [6, 6.07) is 11.8. The van der Waals surface area contributed by atoms with Crippen molar-refractivity contribution < 1.29 is 24.0 Å². The van der Waals surface area contributed by atoms with Crippen LogP contribution in [0.3, 0.4) is 0 Å². The third-order valence-corrected chi connectivity index (χ3v) is 5.54. The van der Waals surface area contributed by atoms with Crippen molar-refractivity contribution in [3.05, 3.63) is 75.3 Å². The number of nitrogens with zero attached hydrogens (tertiary/aromatic N) is 2. The molecule has 9 heteroatoms. The molecule has 1 N–H and O–H groups in total. The molecule has 9 nitrogen and oxygen atoms in total. The first kappa shape index (κ1) is 20.7. The van der Waals surface area contributed by atoms with Gasteiger partial charge in [0, 0.05) is 25.6 Å². The lowest BCUT2D eigenvalue weighted by molar-refractivity contribution is -0.385. The minimum atomic E-state index is -1.14. The molecule has 3 amide bonds. The number of fused-ring (bicyclic) bond motifs is 1. The third-order valence-electron chi connectivity index (χ3n) is 5.54. The molecular weight excluding hydrogens is 402 g/mol. The molecule has 2 aromatic carbocycles. The van der Waals surface area contributed by atoms with Gasteiger partial charge in [0.2, 0.25) is 5.91 Å². The Morgan fingerprint density at radius 1 is 1.16 bits per heavy atom. The Balaban J connectivity index is 1.65. The molecule has 0 saturated carbocycles. The zero-order chi connectivity index (χ0) is 22.0. The van der Waals surface area contributed by atoms with Gasteiger partial charge in [0.05, 0.1) is 16.6 Å². The van der Waals surface area contributed by atoms with Gasteiger partial charge >= 0.3 is 0 Å². The Bertz CT molecular complexity index is 1030. The molecule has 0 spiro atoms. The number of carbonyl (C=O) groups excluding carboxylic acids is 3. The number of amides is 3. The summed E-state index contributed by atoms with van der Waals surface area (Å²) < 4.78 is 5.52. The van der Waals surface area contributed by atoms with Crippen LogP contribution in [-0.4, -0.2) is 52.8 Å². The van der Waals surface area contributed by atoms with E-state index in [0.29, 0.717) is 6.61 Å². The van der Waals surface area contributed by atoms with Crippen molar-refractivity contribution in [2.75, 3.05) is 13.2 Å². The van der Waals surface area contributed by atoms with Crippen LogP contribution in [-0.2, 0) is 16.0 Å². The van der Waals surface area contributed by atoms with E-state index in [0.717, 1.165) is 23.3 Å². The van der Waals surface area contributed by atoms with E-state index in [1.165, 1.54) is 18.2 Å². The second kappa shape index (κ2) is 8.65. The number of ether oxygens (including phenoxy) is 1. The molecule has 4 rings (SSSR count). The van der Waals surface area contributed by atoms with Gasteiger partial charge in [0.25, 0.3) is 17.5 Å². The molecule has 0 radical (unpaired) electrons. The number of benzene rings is 2. The lowest BCUT2D eigenvalue weighted by Crippen LogP contribution is -2.51. The largest absolute Gasteiger partial charge is 0.376 e. The van der Waals surface area contributed by atoms with Gasteiger partial charge in [-0.1, -0.05) is 36.4 Å². The van der Waals surface area contributed by atoms with Crippen molar-refractivity contribution >= 4 is 23.4 Å². The number of nitrogens with one attached hydrogen (secondary N) is 1. The van der Waals surface area contributed by atoms with Crippen LogP contribution in [0.4, 0.5) is 5.69 Å². The minimum Gasteiger partial charge on any atom is -0.376 e. The average Bonchev–Trinajstić information content (AvgIpc) is 3.38. The molecule has 2 heterocycles. The van der Waals surface area contributed by atoms with Crippen molar-refractivity contribution in [2.24, 2.45) is 0 Å². The highest BCUT2D eigenvalue weighted by molar-refractivity contribution is 6.24. The van der Waals surface area contributed by atoms with Crippen molar-refractivity contribution in [3.8, 4) is 0 Å². The second-order valence-corrected chi connectivity index (χ2v) is 7.52. The Morgan fingerprint density at radius 3 is 2.61 bits per heavy atom. The topological polar surface area (TPSA) is 119 Å². The first-order valence-corrected chi connectivity index (χ1v) is 10.1. The monoisotopic (exact) mass is 423 g/mol. The number of nitro benzene ring substituents is 1. The van der Waals surface area contributed by atoms with Gasteiger partial charge in [-0.15, -0.1) is 0 Å². The lowest BCUT2D eigenvalue weighted by Gasteiger charge is -2.26. The second-order valence-electron chi connectivity index (χ2n) is 7.52. The van der Waals surface area contributed by atoms with Crippen molar-refractivity contribution in [3.63, 3.8) is 0 Å². The predicted octanol–water partition coefficient (Wildman–Crippen LogP) is 2.10. The fraction of sp³-hybridized carbons (Fsp3) is 0.318. The highest BCUT2D eigenvalue weighted by atomic mass is 16.6. The van der Waals surface area contributed by atoms with E-state index in [2.05, 4.69) is 5.32 Å². The Labute approximate surface area is 178 Å². The predicted molar refractivity (Wildman–Crippen MR) is 110 cm³/mol. The standard InChI is InChI=1S/C22H21N3O6/c26-20(23-13-15-8-5-11-31-15)18(12-14-6-2-1-3-7-14)24-21(27)16-9-4-10-17(25(29)30)19(16)22(24)28/h1-4,6-7,9-10,15,18H,5,8,11-13H2,(H,23,26)/t15-,18+/m0/s1. The number of rotatable bonds is 7. The highest BCUT2D eigenvalue weighted by Gasteiger charge is 2.46. The first-order valence-electron chi connectivity index (χ1n) is 10.1. The van der Waals surface area contributed by atoms with Gasteiger partial charge in [0.15, 0.2) is 0 Å². The van der Waals surface area contributed by atoms with Crippen LogP contribution in [0.15, 0.2) is 48.5 Å². The molecule has 31 heavy (non-hydrogen) atoms. The van der Waals surface area contributed by atoms with Gasteiger partial charge < -0.3 is 10.1 Å². The SMILES string of the molecule is O=C(NC[C@@H]1CCCO1)[C@@H](Cc1ccccc1)N1C(=O)c2cccc([N+](=O)[O-])c2C1=O. The summed E-state index contributed by atoms with van der Waals surface area (Å²) in [5, 5.41) is 14.2. The summed E-state index contributed by atoms with van der Waals surface area (Å²) in [6.45, 7) is 0.906. The van der Waals surface area contributed by atoms with Gasteiger partial charge in [-0.2, -0.15) is 0 Å². The molecule has 0 unspecified atom stereocenters. The van der Waals surface area contributed by atoms with Crippen LogP contribution < -0.4 is 5.32 Å². The van der Waals surface area contributed by atoms with Crippen LogP contribution in [0.5, 0.6) is 0 Å². The van der Waals surface area contributed by atoms with Gasteiger partial charge in [-0.05, 0) is 24.5 Å². The molecule has 160 valence electrons. The van der Waals surface area contributed by atoms with E-state index in [1.807, 2.05) is 6.07 Å². The Hall–Kier alpha value is -3.59. The van der Waals surface area contributed by atoms with E-state index in [1.54, 1.807) is 24.3 Å². The molecule has 2 aliphatic heterocycles. The summed E-state index contributed by atoms with van der Waals surface area (Å²) in [6.07, 6.45) is 1.72. The Kier molecular flexibility index (Phi) is 5.77. The summed E-state index contributed by atoms with van der Waals surface area (Å²) in [4.78, 5) is 50.8. The minimum absolute atomic E-state index is 0.0656. The van der Waals surface area contributed by atoms with Crippen LogP contribution in [0.1, 0.15) is 39.1 Å². The number of imide groups is 1. The first-order chi connectivity index (χ1) is 15.0. The lowest BCUT2D eigenvalue weighted by atomic mass is 10.0. The fourth-order valence-electron chi connectivity index (χ4n) is 4.00. The normalized spacial score (nSPS) is 18.7. The van der Waals surface area contributed by atoms with Gasteiger partial charge in [0.1, 0.15) is 11.6 Å². The number of hydrogen-bond acceptors (Lipinski definition) is 6. The fourth-order valence-corrected chi connectivity index (χ4v) is 4.00. The highest BCUT2D eigenvalue weighted by Crippen LogP contribution is 2.32. The van der Waals surface area contributed by atoms with Crippen molar-refractivity contribution in [2.45, 2.75) is 31.4 Å². The van der Waals surface area contributed by atoms with Crippen LogP contribution >= 0.6 is 0 Å². The molecule has 1 saturated heterocycles. The maximum absolute atomic E-state index is 13.1. The quantitative estimate of drug-likeness (QED) is 0.414. The summed E-state index contributed by atoms with van der Waals surface area (Å²) >= 11 is 0. The van der Waals surface area contributed by atoms with Crippen molar-refractivity contribution in [1.82, 2.24) is 10.2 Å². The Morgan fingerprint density at radius 2 is 1.94 bits per heavy atom. The summed E-state index contributed by atoms with van der Waals surface area (Å²) in [5.41, 5.74) is -0.0333. The third kappa shape index (κ3) is 4.04. The average molecular weight is 423 g/mol. The van der Waals surface area contributed by atoms with Crippen LogP contribution in [0, 0.1) is 10.1 Å². The van der Waals surface area contributed by atoms with E-state index < -0.39 is 34.4 Å². The smallest absolute Gasteiger partial charge is 0.282 e. The molecule has 2 atom stereocenters. The van der Waals surface area contributed by atoms with Crippen molar-refractivity contribution in [1.29, 1.82) is 0 Å². The summed E-state index contributed by atoms with van der Waals surface area (Å²) in [5.74, 6) is -2.05. The maximum Gasteiger partial charge on any atom is 0.282 e. The maximum atomic E-state index is 13.1. The molecule has 2 aliphatic rings. The van der Waals surface area contributed by atoms with Crippen LogP contribution in [0.25, 0.3) is 0 Å². The molecule has 1 fully saturated rings. The van der Waals surface area contributed by atoms with Gasteiger partial charge in [-0.3, -0.25) is 29.4 Å². The van der Waals surface area contributed by atoms with Crippen LogP contribution in [0.2, 0.25) is 0 Å². The number of hydrogen-bond donors (Lipinski definition) is 1. The summed E-state index contributed by atoms with van der Waals surface area (Å²) in [7, 11) is 0. The molecule has 0 aromatic heterocycles. The van der Waals surface area contributed by atoms with E-state index in [-0.39, 0.29) is 30.2 Å². The molecule has 0 bridgehead atoms.